The van der Waals surface area contributed by atoms with Crippen LogP contribution in [0.1, 0.15) is 0 Å². The van der Waals surface area contributed by atoms with Crippen LogP contribution in [0.2, 0.25) is 0 Å². The summed E-state index contributed by atoms with van der Waals surface area (Å²) in [5.74, 6) is 0. The van der Waals surface area contributed by atoms with Gasteiger partial charge in [0.05, 0.1) is 39.0 Å². The van der Waals surface area contributed by atoms with Crippen LogP contribution in [0.3, 0.4) is 0 Å². The van der Waals surface area contributed by atoms with Crippen molar-refractivity contribution in [2.45, 2.75) is 5.51 Å². The lowest BCUT2D eigenvalue weighted by Gasteiger charge is -2.28. The maximum atomic E-state index is 10.7. The Kier molecular flexibility index (Phi) is 10.2. The van der Waals surface area contributed by atoms with Crippen molar-refractivity contribution in [1.29, 1.82) is 0 Å². The molecule has 0 unspecified atom stereocenters. The standard InChI is InChI=1S/C8H17N2OS.CHF3O3S/c1-10(2,6-7-11-3)5-4-9-8-12;2-1(3,4)8(5,6)7/h4-7H2,1-3H3;(H,5,6,7)/q+1;/p-1. The highest BCUT2D eigenvalue weighted by atomic mass is 32.2. The summed E-state index contributed by atoms with van der Waals surface area (Å²) in [5, 5.41) is 2.36. The lowest BCUT2D eigenvalue weighted by Crippen LogP contribution is -2.44. The fourth-order valence-corrected chi connectivity index (χ4v) is 0.908. The maximum Gasteiger partial charge on any atom is 0.485 e. The van der Waals surface area contributed by atoms with Gasteiger partial charge in [0.2, 0.25) is 0 Å². The zero-order valence-corrected chi connectivity index (χ0v) is 12.9. The van der Waals surface area contributed by atoms with Gasteiger partial charge in [-0.15, -0.1) is 0 Å². The van der Waals surface area contributed by atoms with Gasteiger partial charge in [0.25, 0.3) is 0 Å². The molecule has 6 nitrogen and oxygen atoms in total. The van der Waals surface area contributed by atoms with Crippen LogP contribution in [-0.4, -0.2) is 75.6 Å². The molecule has 0 rings (SSSR count). The smallest absolute Gasteiger partial charge is 0.485 e. The Bertz CT molecular complexity index is 417. The molecule has 11 heteroatoms. The first-order valence-electron chi connectivity index (χ1n) is 5.24. The molecule has 0 aliphatic carbocycles. The highest BCUT2D eigenvalue weighted by Gasteiger charge is 2.36. The Balaban J connectivity index is 0. The highest BCUT2D eigenvalue weighted by Crippen LogP contribution is 2.20. The molecule has 0 amide bonds. The van der Waals surface area contributed by atoms with Crippen LogP contribution in [0.25, 0.3) is 0 Å². The normalized spacial score (nSPS) is 12.2. The van der Waals surface area contributed by atoms with Crippen molar-refractivity contribution in [2.24, 2.45) is 4.99 Å². The average Bonchev–Trinajstić information content (AvgIpc) is 2.25. The molecule has 0 aliphatic rings. The van der Waals surface area contributed by atoms with Gasteiger partial charge < -0.3 is 13.8 Å². The summed E-state index contributed by atoms with van der Waals surface area (Å²) in [6.07, 6.45) is 0. The van der Waals surface area contributed by atoms with Crippen molar-refractivity contribution in [1.82, 2.24) is 0 Å². The Morgan fingerprint density at radius 1 is 1.35 bits per heavy atom. The van der Waals surface area contributed by atoms with E-state index in [1.807, 2.05) is 0 Å². The third kappa shape index (κ3) is 12.5. The van der Waals surface area contributed by atoms with E-state index in [9.17, 15) is 13.2 Å². The van der Waals surface area contributed by atoms with E-state index in [1.54, 1.807) is 7.11 Å². The SMILES string of the molecule is COCC[N+](C)(C)CCN=C=S.O=S(=O)([O-])C(F)(F)F. The monoisotopic (exact) mass is 338 g/mol. The van der Waals surface area contributed by atoms with E-state index >= 15 is 0 Å². The summed E-state index contributed by atoms with van der Waals surface area (Å²) in [5.41, 5.74) is -5.65. The number of nitrogens with zero attached hydrogens (tertiary/aromatic N) is 2. The molecule has 120 valence electrons. The molecular weight excluding hydrogens is 321 g/mol. The van der Waals surface area contributed by atoms with Crippen LogP contribution >= 0.6 is 12.2 Å². The fraction of sp³-hybridized carbons (Fsp3) is 0.889. The number of rotatable bonds is 6. The number of ether oxygens (including phenoxy) is 1. The molecule has 0 N–H and O–H groups in total. The van der Waals surface area contributed by atoms with Crippen LogP contribution < -0.4 is 0 Å². The minimum atomic E-state index is -6.09. The number of isothiocyanates is 1. The molecule has 0 aromatic carbocycles. The molecule has 0 aromatic rings. The summed E-state index contributed by atoms with van der Waals surface area (Å²) < 4.78 is 64.8. The minimum Gasteiger partial charge on any atom is -0.741 e. The molecule has 0 radical (unpaired) electrons. The van der Waals surface area contributed by atoms with Gasteiger partial charge in [0.15, 0.2) is 10.1 Å². The molecule has 0 fully saturated rings. The number of aliphatic imine (C=N–C) groups is 1. The van der Waals surface area contributed by atoms with Gasteiger partial charge in [-0.25, -0.2) is 13.4 Å². The van der Waals surface area contributed by atoms with E-state index < -0.39 is 15.6 Å². The lowest BCUT2D eigenvalue weighted by molar-refractivity contribution is -0.889. The van der Waals surface area contributed by atoms with E-state index in [4.69, 9.17) is 17.7 Å². The predicted molar refractivity (Wildman–Crippen MR) is 69.4 cm³/mol. The van der Waals surface area contributed by atoms with E-state index in [1.165, 1.54) is 0 Å². The lowest BCUT2D eigenvalue weighted by atomic mass is 10.4. The molecular formula is C9H17F3N2O4S2. The number of likely N-dealkylation sites (N-methyl/N-ethyl adjacent to an activating group) is 1. The van der Waals surface area contributed by atoms with Crippen LogP contribution in [0.4, 0.5) is 13.2 Å². The topological polar surface area (TPSA) is 78.8 Å². The first-order chi connectivity index (χ1) is 8.87. The van der Waals surface area contributed by atoms with Gasteiger partial charge in [-0.05, 0) is 12.2 Å². The number of alkyl halides is 3. The second kappa shape index (κ2) is 9.37. The van der Waals surface area contributed by atoms with Crippen molar-refractivity contribution in [3.05, 3.63) is 0 Å². The van der Waals surface area contributed by atoms with Crippen LogP contribution in [-0.2, 0) is 14.9 Å². The Labute approximate surface area is 121 Å². The number of methoxy groups -OCH3 is 1. The number of hydrogen-bond donors (Lipinski definition) is 0. The predicted octanol–water partition coefficient (Wildman–Crippen LogP) is 0.863. The minimum absolute atomic E-state index is 0.750. The molecule has 0 saturated carbocycles. The number of quaternary nitrogens is 1. The van der Waals surface area contributed by atoms with Crippen LogP contribution in [0.15, 0.2) is 4.99 Å². The average molecular weight is 338 g/mol. The summed E-state index contributed by atoms with van der Waals surface area (Å²) >= 11 is 4.48. The Morgan fingerprint density at radius 2 is 1.80 bits per heavy atom. The number of hydrogen-bond acceptors (Lipinski definition) is 6. The molecule has 0 atom stereocenters. The molecule has 0 heterocycles. The van der Waals surface area contributed by atoms with Crippen molar-refractivity contribution >= 4 is 27.5 Å². The quantitative estimate of drug-likeness (QED) is 0.236. The van der Waals surface area contributed by atoms with E-state index in [0.29, 0.717) is 0 Å². The molecule has 0 saturated heterocycles. The van der Waals surface area contributed by atoms with Gasteiger partial charge in [-0.3, -0.25) is 0 Å². The summed E-state index contributed by atoms with van der Waals surface area (Å²) in [6, 6.07) is 0. The number of thiocarbonyl (C=S) groups is 1. The fourth-order valence-electron chi connectivity index (χ4n) is 0.817. The maximum absolute atomic E-state index is 10.7. The third-order valence-electron chi connectivity index (χ3n) is 2.07. The van der Waals surface area contributed by atoms with Gasteiger partial charge in [0, 0.05) is 7.11 Å². The summed E-state index contributed by atoms with van der Waals surface area (Å²) in [4.78, 5) is 3.87. The van der Waals surface area contributed by atoms with Crippen LogP contribution in [0.5, 0.6) is 0 Å². The zero-order valence-electron chi connectivity index (χ0n) is 11.3. The molecule has 0 aromatic heterocycles. The summed E-state index contributed by atoms with van der Waals surface area (Å²) in [6.45, 7) is 3.52. The second-order valence-corrected chi connectivity index (χ2v) is 5.80. The largest absolute Gasteiger partial charge is 0.741 e. The van der Waals surface area contributed by atoms with Crippen molar-refractivity contribution in [3.8, 4) is 0 Å². The first kappa shape index (κ1) is 21.7. The molecule has 0 aliphatic heterocycles. The zero-order chi connectivity index (χ0) is 16.4. The van der Waals surface area contributed by atoms with Crippen LogP contribution in [0, 0.1) is 0 Å². The van der Waals surface area contributed by atoms with E-state index in [-0.39, 0.29) is 0 Å². The van der Waals surface area contributed by atoms with Gasteiger partial charge in [0.1, 0.15) is 6.54 Å². The molecule has 0 bridgehead atoms. The first-order valence-corrected chi connectivity index (χ1v) is 7.06. The van der Waals surface area contributed by atoms with E-state index in [2.05, 4.69) is 36.5 Å². The highest BCUT2D eigenvalue weighted by molar-refractivity contribution is 7.86. The third-order valence-corrected chi connectivity index (χ3v) is 2.76. The van der Waals surface area contributed by atoms with Crippen molar-refractivity contribution in [2.75, 3.05) is 47.4 Å². The Morgan fingerprint density at radius 3 is 2.10 bits per heavy atom. The number of halogens is 3. The summed E-state index contributed by atoms with van der Waals surface area (Å²) in [7, 11) is -0.0714. The van der Waals surface area contributed by atoms with Gasteiger partial charge in [-0.1, -0.05) is 0 Å². The van der Waals surface area contributed by atoms with Crippen molar-refractivity contribution < 1.29 is 35.4 Å². The van der Waals surface area contributed by atoms with E-state index in [0.717, 1.165) is 30.7 Å². The molecule has 20 heavy (non-hydrogen) atoms. The van der Waals surface area contributed by atoms with Gasteiger partial charge >= 0.3 is 5.51 Å². The molecule has 0 spiro atoms. The van der Waals surface area contributed by atoms with Crippen molar-refractivity contribution in [3.63, 3.8) is 0 Å². The van der Waals surface area contributed by atoms with Gasteiger partial charge in [-0.2, -0.15) is 13.2 Å². The second-order valence-electron chi connectivity index (χ2n) is 4.25. The Hall–Kier alpha value is -0.580.